The maximum absolute atomic E-state index is 12.8. The maximum Gasteiger partial charge on any atom is 0.282 e. The van der Waals surface area contributed by atoms with Crippen molar-refractivity contribution in [1.29, 1.82) is 0 Å². The van der Waals surface area contributed by atoms with Gasteiger partial charge in [0.15, 0.2) is 11.5 Å². The lowest BCUT2D eigenvalue weighted by Gasteiger charge is -2.14. The van der Waals surface area contributed by atoms with E-state index in [9.17, 15) is 9.59 Å². The van der Waals surface area contributed by atoms with Crippen molar-refractivity contribution >= 4 is 23.6 Å². The zero-order valence-electron chi connectivity index (χ0n) is 17.3. The highest BCUT2D eigenvalue weighted by atomic mass is 16.5. The highest BCUT2D eigenvalue weighted by Crippen LogP contribution is 2.30. The third-order valence-electron chi connectivity index (χ3n) is 4.92. The zero-order chi connectivity index (χ0) is 21.8. The van der Waals surface area contributed by atoms with Gasteiger partial charge in [-0.1, -0.05) is 54.1 Å². The smallest absolute Gasteiger partial charge is 0.282 e. The molecule has 0 radical (unpaired) electrons. The Bertz CT molecular complexity index is 1140. The van der Waals surface area contributed by atoms with Crippen LogP contribution in [0.3, 0.4) is 0 Å². The minimum atomic E-state index is -0.450. The first kappa shape index (κ1) is 20.2. The average molecular weight is 414 g/mol. The highest BCUT2D eigenvalue weighted by Gasteiger charge is 2.34. The second-order valence-corrected chi connectivity index (χ2v) is 7.16. The van der Waals surface area contributed by atoms with E-state index in [-0.39, 0.29) is 5.57 Å². The first-order valence-electron chi connectivity index (χ1n) is 9.84. The molecule has 3 aromatic carbocycles. The molecule has 4 rings (SSSR count). The first-order chi connectivity index (χ1) is 15.0. The van der Waals surface area contributed by atoms with Crippen LogP contribution in [0.4, 0.5) is 5.69 Å². The van der Waals surface area contributed by atoms with E-state index in [0.29, 0.717) is 29.4 Å². The van der Waals surface area contributed by atoms with Crippen LogP contribution in [0, 0.1) is 6.92 Å². The van der Waals surface area contributed by atoms with E-state index in [4.69, 9.17) is 9.47 Å². The van der Waals surface area contributed by atoms with Gasteiger partial charge in [0, 0.05) is 0 Å². The van der Waals surface area contributed by atoms with Crippen molar-refractivity contribution in [3.8, 4) is 11.5 Å². The van der Waals surface area contributed by atoms with E-state index in [1.807, 2.05) is 49.4 Å². The van der Waals surface area contributed by atoms with Gasteiger partial charge >= 0.3 is 0 Å². The summed E-state index contributed by atoms with van der Waals surface area (Å²) in [7, 11) is 1.55. The van der Waals surface area contributed by atoms with Crippen molar-refractivity contribution in [2.45, 2.75) is 13.5 Å². The number of hydrogen-bond acceptors (Lipinski definition) is 4. The molecular weight excluding hydrogens is 392 g/mol. The molecule has 0 atom stereocenters. The fourth-order valence-corrected chi connectivity index (χ4v) is 3.23. The molecule has 6 nitrogen and oxygen atoms in total. The van der Waals surface area contributed by atoms with Crippen LogP contribution in [0.1, 0.15) is 16.7 Å². The molecule has 0 aliphatic carbocycles. The van der Waals surface area contributed by atoms with Gasteiger partial charge in [-0.25, -0.2) is 5.01 Å². The summed E-state index contributed by atoms with van der Waals surface area (Å²) in [6.07, 6.45) is 1.55. The molecule has 0 bridgehead atoms. The number of aryl methyl sites for hydroxylation is 1. The number of carbonyl (C=O) groups excluding carboxylic acids is 2. The number of benzene rings is 3. The fourth-order valence-electron chi connectivity index (χ4n) is 3.23. The average Bonchev–Trinajstić information content (AvgIpc) is 3.07. The van der Waals surface area contributed by atoms with Gasteiger partial charge in [-0.3, -0.25) is 15.0 Å². The van der Waals surface area contributed by atoms with Gasteiger partial charge in [-0.15, -0.1) is 0 Å². The maximum atomic E-state index is 12.8. The predicted molar refractivity (Wildman–Crippen MR) is 119 cm³/mol. The standard InChI is InChI=1S/C25H22N2O4/c1-17-8-11-20(12-9-17)27-25(29)21(24(28)26-27)14-19-10-13-22(23(15-19)30-2)31-16-18-6-4-3-5-7-18/h3-15H,16H2,1-2H3,(H,26,28)/b21-14-. The van der Waals surface area contributed by atoms with E-state index in [1.165, 1.54) is 5.01 Å². The number of methoxy groups -OCH3 is 1. The van der Waals surface area contributed by atoms with E-state index < -0.39 is 11.8 Å². The van der Waals surface area contributed by atoms with Crippen molar-refractivity contribution in [2.24, 2.45) is 0 Å². The number of hydrazine groups is 1. The Hall–Kier alpha value is -4.06. The topological polar surface area (TPSA) is 67.9 Å². The van der Waals surface area contributed by atoms with Crippen molar-refractivity contribution in [2.75, 3.05) is 12.1 Å². The molecule has 6 heteroatoms. The first-order valence-corrected chi connectivity index (χ1v) is 9.84. The molecule has 1 aliphatic heterocycles. The lowest BCUT2D eigenvalue weighted by atomic mass is 10.1. The second-order valence-electron chi connectivity index (χ2n) is 7.16. The van der Waals surface area contributed by atoms with E-state index in [2.05, 4.69) is 5.43 Å². The zero-order valence-corrected chi connectivity index (χ0v) is 17.3. The Kier molecular flexibility index (Phi) is 5.71. The van der Waals surface area contributed by atoms with E-state index in [1.54, 1.807) is 43.5 Å². The normalized spacial score (nSPS) is 14.6. The Balaban J connectivity index is 1.54. The highest BCUT2D eigenvalue weighted by molar-refractivity contribution is 6.31. The van der Waals surface area contributed by atoms with Gasteiger partial charge in [-0.05, 0) is 48.4 Å². The second kappa shape index (κ2) is 8.75. The molecule has 0 aromatic heterocycles. The van der Waals surface area contributed by atoms with Gasteiger partial charge in [-0.2, -0.15) is 0 Å². The van der Waals surface area contributed by atoms with Crippen LogP contribution < -0.4 is 19.9 Å². The van der Waals surface area contributed by atoms with Crippen LogP contribution >= 0.6 is 0 Å². The lowest BCUT2D eigenvalue weighted by molar-refractivity contribution is -0.117. The molecule has 1 fully saturated rings. The van der Waals surface area contributed by atoms with Gasteiger partial charge in [0.25, 0.3) is 11.8 Å². The molecule has 1 saturated heterocycles. The van der Waals surface area contributed by atoms with E-state index in [0.717, 1.165) is 11.1 Å². The molecule has 0 spiro atoms. The molecule has 1 N–H and O–H groups in total. The van der Waals surface area contributed by atoms with Crippen molar-refractivity contribution < 1.29 is 19.1 Å². The number of nitrogens with one attached hydrogen (secondary N) is 1. The number of rotatable bonds is 6. The quantitative estimate of drug-likeness (QED) is 0.488. The van der Waals surface area contributed by atoms with Crippen LogP contribution in [-0.2, 0) is 16.2 Å². The Labute approximate surface area is 180 Å². The van der Waals surface area contributed by atoms with Crippen LogP contribution in [-0.4, -0.2) is 18.9 Å². The van der Waals surface area contributed by atoms with Gasteiger partial charge < -0.3 is 9.47 Å². The third-order valence-corrected chi connectivity index (χ3v) is 4.92. The van der Waals surface area contributed by atoms with Gasteiger partial charge in [0.05, 0.1) is 12.8 Å². The molecule has 3 aromatic rings. The van der Waals surface area contributed by atoms with Gasteiger partial charge in [0.1, 0.15) is 12.2 Å². The van der Waals surface area contributed by atoms with Crippen LogP contribution in [0.5, 0.6) is 11.5 Å². The third kappa shape index (κ3) is 4.43. The molecule has 1 aliphatic rings. The predicted octanol–water partition coefficient (Wildman–Crippen LogP) is 4.04. The number of carbonyl (C=O) groups is 2. The summed E-state index contributed by atoms with van der Waals surface area (Å²) in [6, 6.07) is 22.5. The van der Waals surface area contributed by atoms with Crippen LogP contribution in [0.2, 0.25) is 0 Å². The van der Waals surface area contributed by atoms with Crippen LogP contribution in [0.15, 0.2) is 78.4 Å². The summed E-state index contributed by atoms with van der Waals surface area (Å²) in [5, 5.41) is 1.25. The molecule has 31 heavy (non-hydrogen) atoms. The minimum absolute atomic E-state index is 0.0561. The summed E-state index contributed by atoms with van der Waals surface area (Å²) in [5.74, 6) is 0.245. The molecule has 2 amide bonds. The van der Waals surface area contributed by atoms with Crippen molar-refractivity contribution in [3.63, 3.8) is 0 Å². The van der Waals surface area contributed by atoms with Gasteiger partial charge in [0.2, 0.25) is 0 Å². The molecule has 0 unspecified atom stereocenters. The molecule has 156 valence electrons. The fraction of sp³-hybridized carbons (Fsp3) is 0.120. The summed E-state index contributed by atoms with van der Waals surface area (Å²) in [4.78, 5) is 25.2. The summed E-state index contributed by atoms with van der Waals surface area (Å²) in [6.45, 7) is 2.37. The van der Waals surface area contributed by atoms with Crippen LogP contribution in [0.25, 0.3) is 6.08 Å². The number of ether oxygens (including phenoxy) is 2. The Morgan fingerprint density at radius 3 is 2.39 bits per heavy atom. The van der Waals surface area contributed by atoms with Crippen molar-refractivity contribution in [1.82, 2.24) is 5.43 Å². The largest absolute Gasteiger partial charge is 0.493 e. The molecule has 0 saturated carbocycles. The SMILES string of the molecule is COc1cc(/C=C2/C(=O)NN(c3ccc(C)cc3)C2=O)ccc1OCc1ccccc1. The molecular formula is C25H22N2O4. The summed E-state index contributed by atoms with van der Waals surface area (Å²) < 4.78 is 11.3. The Morgan fingerprint density at radius 2 is 1.68 bits per heavy atom. The number of amides is 2. The monoisotopic (exact) mass is 414 g/mol. The van der Waals surface area contributed by atoms with E-state index >= 15 is 0 Å². The number of nitrogens with zero attached hydrogens (tertiary/aromatic N) is 1. The minimum Gasteiger partial charge on any atom is -0.493 e. The summed E-state index contributed by atoms with van der Waals surface area (Å²) in [5.41, 5.74) is 6.04. The molecule has 1 heterocycles. The number of anilines is 1. The Morgan fingerprint density at radius 1 is 0.935 bits per heavy atom. The summed E-state index contributed by atoms with van der Waals surface area (Å²) >= 11 is 0. The van der Waals surface area contributed by atoms with Crippen molar-refractivity contribution in [3.05, 3.63) is 95.1 Å². The number of hydrogen-bond donors (Lipinski definition) is 1. The lowest BCUT2D eigenvalue weighted by Crippen LogP contribution is -2.35.